The monoisotopic (exact) mass is 323 g/mol. The van der Waals surface area contributed by atoms with Gasteiger partial charge in [0.1, 0.15) is 5.76 Å². The minimum Gasteiger partial charge on any atom is -0.360 e. The fourth-order valence-electron chi connectivity index (χ4n) is 2.19. The Balaban J connectivity index is 1.69. The number of aromatic nitrogens is 3. The smallest absolute Gasteiger partial charge is 0.258 e. The number of carbonyl (C=O) groups excluding carboxylic acids is 1. The molecule has 2 N–H and O–H groups in total. The lowest BCUT2D eigenvalue weighted by Crippen LogP contribution is -2.14. The second-order valence-corrected chi connectivity index (χ2v) is 5.21. The van der Waals surface area contributed by atoms with Gasteiger partial charge in [-0.3, -0.25) is 4.79 Å². The summed E-state index contributed by atoms with van der Waals surface area (Å²) in [6.07, 6.45) is 3.77. The van der Waals surface area contributed by atoms with Gasteiger partial charge < -0.3 is 15.2 Å². The zero-order chi connectivity index (χ0) is 16.9. The second kappa shape index (κ2) is 6.91. The Morgan fingerprint density at radius 3 is 2.62 bits per heavy atom. The van der Waals surface area contributed by atoms with Crippen LogP contribution in [0.25, 0.3) is 0 Å². The molecule has 3 rings (SSSR count). The van der Waals surface area contributed by atoms with E-state index in [2.05, 4.69) is 25.8 Å². The van der Waals surface area contributed by atoms with Gasteiger partial charge in [0.15, 0.2) is 5.82 Å². The summed E-state index contributed by atoms with van der Waals surface area (Å²) in [6.45, 7) is 3.83. The van der Waals surface area contributed by atoms with Gasteiger partial charge in [-0.05, 0) is 25.0 Å². The van der Waals surface area contributed by atoms with Gasteiger partial charge in [-0.1, -0.05) is 30.3 Å². The van der Waals surface area contributed by atoms with E-state index in [9.17, 15) is 4.79 Å². The van der Waals surface area contributed by atoms with E-state index >= 15 is 0 Å². The molecule has 0 aliphatic heterocycles. The van der Waals surface area contributed by atoms with Crippen LogP contribution in [0.2, 0.25) is 0 Å². The van der Waals surface area contributed by atoms with Crippen LogP contribution < -0.4 is 10.6 Å². The fraction of sp³-hybridized carbons (Fsp3) is 0.176. The summed E-state index contributed by atoms with van der Waals surface area (Å²) < 4.78 is 4.95. The molecule has 0 saturated heterocycles. The molecule has 0 atom stereocenters. The number of para-hydroxylation sites is 1. The summed E-state index contributed by atoms with van der Waals surface area (Å²) in [5, 5.41) is 9.58. The summed E-state index contributed by atoms with van der Waals surface area (Å²) in [4.78, 5) is 20.6. The van der Waals surface area contributed by atoms with Crippen molar-refractivity contribution in [2.45, 2.75) is 20.3 Å². The molecule has 2 aromatic heterocycles. The highest BCUT2D eigenvalue weighted by Gasteiger charge is 2.10. The van der Waals surface area contributed by atoms with Crippen molar-refractivity contribution in [1.29, 1.82) is 0 Å². The minimum atomic E-state index is -0.250. The maximum Gasteiger partial charge on any atom is 0.258 e. The SMILES string of the molecule is CCc1ccccc1NC(=O)c1cnc(Nc2cc(C)on2)nc1. The zero-order valence-corrected chi connectivity index (χ0v) is 13.4. The number of anilines is 3. The number of benzene rings is 1. The molecule has 2 heterocycles. The quantitative estimate of drug-likeness (QED) is 0.748. The minimum absolute atomic E-state index is 0.250. The molecule has 0 aliphatic carbocycles. The Kier molecular flexibility index (Phi) is 4.51. The van der Waals surface area contributed by atoms with Gasteiger partial charge in [0, 0.05) is 24.1 Å². The first-order valence-corrected chi connectivity index (χ1v) is 7.57. The van der Waals surface area contributed by atoms with Gasteiger partial charge in [-0.2, -0.15) is 0 Å². The molecule has 24 heavy (non-hydrogen) atoms. The highest BCUT2D eigenvalue weighted by molar-refractivity contribution is 6.04. The summed E-state index contributed by atoms with van der Waals surface area (Å²) in [7, 11) is 0. The summed E-state index contributed by atoms with van der Waals surface area (Å²) in [5.41, 5.74) is 2.25. The highest BCUT2D eigenvalue weighted by Crippen LogP contribution is 2.17. The van der Waals surface area contributed by atoms with Gasteiger partial charge >= 0.3 is 0 Å². The molecule has 0 aliphatic rings. The number of nitrogens with zero attached hydrogens (tertiary/aromatic N) is 3. The van der Waals surface area contributed by atoms with Crippen LogP contribution in [0.3, 0.4) is 0 Å². The van der Waals surface area contributed by atoms with Crippen LogP contribution in [0, 0.1) is 6.92 Å². The number of amides is 1. The van der Waals surface area contributed by atoms with Crippen molar-refractivity contribution in [3.63, 3.8) is 0 Å². The Bertz CT molecular complexity index is 842. The van der Waals surface area contributed by atoms with E-state index in [0.717, 1.165) is 17.7 Å². The van der Waals surface area contributed by atoms with Gasteiger partial charge in [-0.25, -0.2) is 9.97 Å². The largest absolute Gasteiger partial charge is 0.360 e. The summed E-state index contributed by atoms with van der Waals surface area (Å²) >= 11 is 0. The molecular formula is C17H17N5O2. The van der Waals surface area contributed by atoms with Crippen LogP contribution in [0.5, 0.6) is 0 Å². The van der Waals surface area contributed by atoms with Gasteiger partial charge in [0.2, 0.25) is 5.95 Å². The van der Waals surface area contributed by atoms with Crippen LogP contribution >= 0.6 is 0 Å². The molecule has 0 fully saturated rings. The first-order valence-electron chi connectivity index (χ1n) is 7.57. The van der Waals surface area contributed by atoms with Gasteiger partial charge in [0.25, 0.3) is 5.91 Å². The van der Waals surface area contributed by atoms with E-state index in [0.29, 0.717) is 23.1 Å². The number of carbonyl (C=O) groups is 1. The first kappa shape index (κ1) is 15.7. The van der Waals surface area contributed by atoms with Crippen molar-refractivity contribution in [1.82, 2.24) is 15.1 Å². The average molecular weight is 323 g/mol. The Morgan fingerprint density at radius 2 is 1.96 bits per heavy atom. The lowest BCUT2D eigenvalue weighted by molar-refractivity contribution is 0.102. The Hall–Kier alpha value is -3.22. The molecular weight excluding hydrogens is 306 g/mol. The van der Waals surface area contributed by atoms with Crippen molar-refractivity contribution in [3.8, 4) is 0 Å². The van der Waals surface area contributed by atoms with Crippen molar-refractivity contribution in [2.75, 3.05) is 10.6 Å². The van der Waals surface area contributed by atoms with Gasteiger partial charge in [0.05, 0.1) is 5.56 Å². The van der Waals surface area contributed by atoms with E-state index in [1.165, 1.54) is 12.4 Å². The molecule has 7 heteroatoms. The lowest BCUT2D eigenvalue weighted by atomic mass is 10.1. The zero-order valence-electron chi connectivity index (χ0n) is 13.4. The Morgan fingerprint density at radius 1 is 1.21 bits per heavy atom. The Labute approximate surface area is 139 Å². The van der Waals surface area contributed by atoms with Crippen LogP contribution in [-0.2, 0) is 6.42 Å². The van der Waals surface area contributed by atoms with Crippen LogP contribution in [0.15, 0.2) is 47.2 Å². The maximum atomic E-state index is 12.3. The average Bonchev–Trinajstić information content (AvgIpc) is 3.01. The van der Waals surface area contributed by atoms with Crippen LogP contribution in [-0.4, -0.2) is 21.0 Å². The molecule has 122 valence electrons. The predicted molar refractivity (Wildman–Crippen MR) is 90.3 cm³/mol. The molecule has 1 aromatic carbocycles. The highest BCUT2D eigenvalue weighted by atomic mass is 16.5. The van der Waals surface area contributed by atoms with E-state index in [4.69, 9.17) is 4.52 Å². The van der Waals surface area contributed by atoms with Crippen molar-refractivity contribution >= 4 is 23.4 Å². The third-order valence-corrected chi connectivity index (χ3v) is 3.43. The molecule has 7 nitrogen and oxygen atoms in total. The van der Waals surface area contributed by atoms with Crippen molar-refractivity contribution in [2.24, 2.45) is 0 Å². The molecule has 0 unspecified atom stereocenters. The number of aryl methyl sites for hydroxylation is 2. The van der Waals surface area contributed by atoms with Crippen molar-refractivity contribution in [3.05, 3.63) is 59.6 Å². The molecule has 3 aromatic rings. The van der Waals surface area contributed by atoms with E-state index in [1.54, 1.807) is 13.0 Å². The molecule has 1 amide bonds. The van der Waals surface area contributed by atoms with Gasteiger partial charge in [-0.15, -0.1) is 0 Å². The van der Waals surface area contributed by atoms with E-state index < -0.39 is 0 Å². The third kappa shape index (κ3) is 3.57. The predicted octanol–water partition coefficient (Wildman–Crippen LogP) is 3.33. The number of hydrogen-bond acceptors (Lipinski definition) is 6. The molecule has 0 bridgehead atoms. The first-order chi connectivity index (χ1) is 11.7. The topological polar surface area (TPSA) is 92.9 Å². The molecule has 0 saturated carbocycles. The number of rotatable bonds is 5. The summed E-state index contributed by atoms with van der Waals surface area (Å²) in [6, 6.07) is 9.42. The fourth-order valence-corrected chi connectivity index (χ4v) is 2.19. The lowest BCUT2D eigenvalue weighted by Gasteiger charge is -2.09. The number of nitrogens with one attached hydrogen (secondary N) is 2. The van der Waals surface area contributed by atoms with Crippen LogP contribution in [0.4, 0.5) is 17.5 Å². The van der Waals surface area contributed by atoms with E-state index in [-0.39, 0.29) is 5.91 Å². The standard InChI is InChI=1S/C17H17N5O2/c1-3-12-6-4-5-7-14(12)20-16(23)13-9-18-17(19-10-13)21-15-8-11(2)24-22-15/h4-10H,3H2,1-2H3,(H,20,23)(H,18,19,21,22). The van der Waals surface area contributed by atoms with Crippen LogP contribution in [0.1, 0.15) is 28.6 Å². The normalized spacial score (nSPS) is 10.4. The third-order valence-electron chi connectivity index (χ3n) is 3.43. The molecule has 0 radical (unpaired) electrons. The summed E-state index contributed by atoms with van der Waals surface area (Å²) in [5.74, 6) is 1.29. The van der Waals surface area contributed by atoms with E-state index in [1.807, 2.05) is 31.2 Å². The molecule has 0 spiro atoms. The maximum absolute atomic E-state index is 12.3. The van der Waals surface area contributed by atoms with Crippen molar-refractivity contribution < 1.29 is 9.32 Å². The second-order valence-electron chi connectivity index (χ2n) is 5.21. The number of hydrogen-bond donors (Lipinski definition) is 2.